The number of hydrogen-bond donors (Lipinski definition) is 2. The summed E-state index contributed by atoms with van der Waals surface area (Å²) in [5.74, 6) is -0.511. The number of carbonyl (C=O) groups is 2. The van der Waals surface area contributed by atoms with Crippen molar-refractivity contribution >= 4 is 11.9 Å². The van der Waals surface area contributed by atoms with E-state index in [1.165, 1.54) is 7.11 Å². The lowest BCUT2D eigenvalue weighted by atomic mass is 9.98. The van der Waals surface area contributed by atoms with Gasteiger partial charge in [0.2, 0.25) is 5.91 Å². The molecule has 0 saturated carbocycles. The monoisotopic (exact) mass is 254 g/mol. The summed E-state index contributed by atoms with van der Waals surface area (Å²) in [5, 5.41) is 5.86. The van der Waals surface area contributed by atoms with Crippen LogP contribution in [-0.2, 0) is 14.3 Å². The molecule has 0 aromatic heterocycles. The molecule has 2 N–H and O–H groups in total. The summed E-state index contributed by atoms with van der Waals surface area (Å²) in [6.07, 6.45) is 0.803. The van der Waals surface area contributed by atoms with Crippen molar-refractivity contribution in [2.24, 2.45) is 5.92 Å². The van der Waals surface area contributed by atoms with Crippen LogP contribution in [0.15, 0.2) is 11.1 Å². The second-order valence-electron chi connectivity index (χ2n) is 4.69. The van der Waals surface area contributed by atoms with E-state index in [-0.39, 0.29) is 17.8 Å². The fourth-order valence-electron chi connectivity index (χ4n) is 1.72. The molecule has 1 aliphatic heterocycles. The molecule has 0 bridgehead atoms. The predicted molar refractivity (Wildman–Crippen MR) is 69.0 cm³/mol. The third-order valence-electron chi connectivity index (χ3n) is 3.50. The van der Waals surface area contributed by atoms with E-state index >= 15 is 0 Å². The van der Waals surface area contributed by atoms with E-state index in [1.54, 1.807) is 6.92 Å². The molecule has 5 nitrogen and oxygen atoms in total. The van der Waals surface area contributed by atoms with E-state index in [2.05, 4.69) is 10.6 Å². The normalized spacial score (nSPS) is 17.4. The zero-order chi connectivity index (χ0) is 13.7. The molecule has 1 amide bonds. The maximum absolute atomic E-state index is 12.0. The highest BCUT2D eigenvalue weighted by atomic mass is 16.5. The first-order chi connectivity index (χ1) is 8.51. The second kappa shape index (κ2) is 6.54. The fraction of sp³-hybridized carbons (Fsp3) is 0.692. The summed E-state index contributed by atoms with van der Waals surface area (Å²) in [4.78, 5) is 23.7. The van der Waals surface area contributed by atoms with E-state index in [1.807, 2.05) is 13.8 Å². The van der Waals surface area contributed by atoms with Crippen LogP contribution in [0.4, 0.5) is 0 Å². The van der Waals surface area contributed by atoms with Crippen LogP contribution in [-0.4, -0.2) is 38.1 Å². The van der Waals surface area contributed by atoms with Gasteiger partial charge in [-0.15, -0.1) is 0 Å². The number of esters is 1. The standard InChI is InChI=1S/C13H22N2O3/c1-5-8(2)11(13(17)18-4)15-12(16)9(3)10-6-14-7-10/h8,11,14H,5-7H2,1-4H3,(H,15,16). The minimum absolute atomic E-state index is 0.0544. The molecular formula is C13H22N2O3. The first-order valence-corrected chi connectivity index (χ1v) is 6.29. The summed E-state index contributed by atoms with van der Waals surface area (Å²) in [6, 6.07) is -0.573. The first-order valence-electron chi connectivity index (χ1n) is 6.29. The number of amides is 1. The third kappa shape index (κ3) is 3.32. The highest BCUT2D eigenvalue weighted by Crippen LogP contribution is 2.13. The van der Waals surface area contributed by atoms with Gasteiger partial charge in [-0.2, -0.15) is 0 Å². The molecule has 1 saturated heterocycles. The van der Waals surface area contributed by atoms with E-state index in [4.69, 9.17) is 4.74 Å². The van der Waals surface area contributed by atoms with Crippen molar-refractivity contribution in [2.45, 2.75) is 33.2 Å². The Morgan fingerprint density at radius 2 is 2.06 bits per heavy atom. The Hall–Kier alpha value is -1.36. The van der Waals surface area contributed by atoms with Gasteiger partial charge in [0.05, 0.1) is 7.11 Å². The highest BCUT2D eigenvalue weighted by molar-refractivity contribution is 5.96. The summed E-state index contributed by atoms with van der Waals surface area (Å²) in [6.45, 7) is 7.20. The SMILES string of the molecule is CCC(C)C(NC(=O)C(C)=C1CNC1)C(=O)OC. The minimum Gasteiger partial charge on any atom is -0.467 e. The highest BCUT2D eigenvalue weighted by Gasteiger charge is 2.28. The van der Waals surface area contributed by atoms with Gasteiger partial charge in [-0.05, 0) is 18.4 Å². The maximum Gasteiger partial charge on any atom is 0.328 e. The Morgan fingerprint density at radius 3 is 2.44 bits per heavy atom. The number of hydrogen-bond acceptors (Lipinski definition) is 4. The first kappa shape index (κ1) is 14.7. The molecule has 1 aliphatic rings. The number of rotatable bonds is 5. The molecule has 2 unspecified atom stereocenters. The van der Waals surface area contributed by atoms with E-state index in [0.29, 0.717) is 5.57 Å². The molecule has 102 valence electrons. The van der Waals surface area contributed by atoms with Gasteiger partial charge in [0.1, 0.15) is 6.04 Å². The van der Waals surface area contributed by atoms with Crippen LogP contribution in [0.3, 0.4) is 0 Å². The van der Waals surface area contributed by atoms with Crippen LogP contribution in [0.2, 0.25) is 0 Å². The number of carbonyl (C=O) groups excluding carboxylic acids is 2. The van der Waals surface area contributed by atoms with Crippen LogP contribution >= 0.6 is 0 Å². The molecule has 1 fully saturated rings. The van der Waals surface area contributed by atoms with Crippen LogP contribution in [0, 0.1) is 5.92 Å². The van der Waals surface area contributed by atoms with Crippen molar-refractivity contribution in [1.82, 2.24) is 10.6 Å². The van der Waals surface area contributed by atoms with Gasteiger partial charge >= 0.3 is 5.97 Å². The molecule has 2 atom stereocenters. The summed E-state index contributed by atoms with van der Waals surface area (Å²) < 4.78 is 4.73. The zero-order valence-electron chi connectivity index (χ0n) is 11.5. The Morgan fingerprint density at radius 1 is 1.44 bits per heavy atom. The number of nitrogens with one attached hydrogen (secondary N) is 2. The molecule has 18 heavy (non-hydrogen) atoms. The average molecular weight is 254 g/mol. The molecule has 0 radical (unpaired) electrons. The molecule has 5 heteroatoms. The van der Waals surface area contributed by atoms with Gasteiger partial charge in [-0.3, -0.25) is 4.79 Å². The van der Waals surface area contributed by atoms with Crippen molar-refractivity contribution in [1.29, 1.82) is 0 Å². The minimum atomic E-state index is -0.573. The van der Waals surface area contributed by atoms with Crippen LogP contribution < -0.4 is 10.6 Å². The van der Waals surface area contributed by atoms with E-state index in [9.17, 15) is 9.59 Å². The van der Waals surface area contributed by atoms with Gasteiger partial charge < -0.3 is 15.4 Å². The van der Waals surface area contributed by atoms with E-state index < -0.39 is 6.04 Å². The molecule has 1 heterocycles. The van der Waals surface area contributed by atoms with Gasteiger partial charge in [-0.25, -0.2) is 4.79 Å². The van der Waals surface area contributed by atoms with Crippen molar-refractivity contribution in [3.8, 4) is 0 Å². The molecule has 0 spiro atoms. The third-order valence-corrected chi connectivity index (χ3v) is 3.50. The van der Waals surface area contributed by atoms with Gasteiger partial charge in [0, 0.05) is 18.7 Å². The van der Waals surface area contributed by atoms with E-state index in [0.717, 1.165) is 25.1 Å². The van der Waals surface area contributed by atoms with Crippen LogP contribution in [0.5, 0.6) is 0 Å². The molecule has 1 rings (SSSR count). The lowest BCUT2D eigenvalue weighted by Crippen LogP contribution is -2.47. The molecule has 0 aromatic carbocycles. The van der Waals surface area contributed by atoms with Gasteiger partial charge in [0.25, 0.3) is 0 Å². The quantitative estimate of drug-likeness (QED) is 0.557. The smallest absolute Gasteiger partial charge is 0.328 e. The van der Waals surface area contributed by atoms with Crippen LogP contribution in [0.1, 0.15) is 27.2 Å². The fourth-order valence-corrected chi connectivity index (χ4v) is 1.72. The average Bonchev–Trinajstić information content (AvgIpc) is 2.31. The molecule has 0 aliphatic carbocycles. The summed E-state index contributed by atoms with van der Waals surface area (Å²) in [7, 11) is 1.34. The zero-order valence-corrected chi connectivity index (χ0v) is 11.5. The number of methoxy groups -OCH3 is 1. The summed E-state index contributed by atoms with van der Waals surface area (Å²) >= 11 is 0. The van der Waals surface area contributed by atoms with Crippen molar-refractivity contribution in [2.75, 3.05) is 20.2 Å². The second-order valence-corrected chi connectivity index (χ2v) is 4.69. The van der Waals surface area contributed by atoms with Crippen LogP contribution in [0.25, 0.3) is 0 Å². The van der Waals surface area contributed by atoms with Crippen molar-refractivity contribution in [3.63, 3.8) is 0 Å². The molecule has 0 aromatic rings. The molecular weight excluding hydrogens is 232 g/mol. The maximum atomic E-state index is 12.0. The lowest BCUT2D eigenvalue weighted by Gasteiger charge is -2.25. The Kier molecular flexibility index (Phi) is 5.34. The number of ether oxygens (including phenoxy) is 1. The Bertz CT molecular complexity index is 357. The topological polar surface area (TPSA) is 67.4 Å². The van der Waals surface area contributed by atoms with Gasteiger partial charge in [0.15, 0.2) is 0 Å². The largest absolute Gasteiger partial charge is 0.467 e. The van der Waals surface area contributed by atoms with Crippen molar-refractivity contribution < 1.29 is 14.3 Å². The lowest BCUT2D eigenvalue weighted by molar-refractivity contribution is -0.146. The summed E-state index contributed by atoms with van der Waals surface area (Å²) in [5.41, 5.74) is 1.80. The van der Waals surface area contributed by atoms with Crippen molar-refractivity contribution in [3.05, 3.63) is 11.1 Å². The Balaban J connectivity index is 2.71. The Labute approximate surface area is 108 Å². The predicted octanol–water partition coefficient (Wildman–Crippen LogP) is 0.610. The van der Waals surface area contributed by atoms with Gasteiger partial charge in [-0.1, -0.05) is 20.3 Å².